The van der Waals surface area contributed by atoms with Crippen LogP contribution in [0.4, 0.5) is 0 Å². The van der Waals surface area contributed by atoms with Gasteiger partial charge in [0.05, 0.1) is 0 Å². The second kappa shape index (κ2) is 10.4. The molecule has 4 heteroatoms. The second-order valence-corrected chi connectivity index (χ2v) is 7.09. The SMILES string of the molecule is CCCCCC(=O)OC(CC)(CC)C1(C(CCC)CCCC)OO1. The summed E-state index contributed by atoms with van der Waals surface area (Å²) in [6, 6.07) is 0. The lowest BCUT2D eigenvalue weighted by Crippen LogP contribution is -2.52. The van der Waals surface area contributed by atoms with Crippen LogP contribution in [-0.4, -0.2) is 17.4 Å². The number of esters is 1. The third-order valence-electron chi connectivity index (χ3n) is 5.41. The van der Waals surface area contributed by atoms with Gasteiger partial charge in [-0.3, -0.25) is 4.79 Å². The number of unbranched alkanes of at least 4 members (excludes halogenated alkanes) is 3. The molecule has 0 radical (unpaired) electrons. The van der Waals surface area contributed by atoms with Gasteiger partial charge in [0.15, 0.2) is 5.60 Å². The number of hydrogen-bond donors (Lipinski definition) is 0. The van der Waals surface area contributed by atoms with E-state index in [0.717, 1.165) is 64.2 Å². The Morgan fingerprint density at radius 2 is 1.54 bits per heavy atom. The van der Waals surface area contributed by atoms with E-state index in [-0.39, 0.29) is 11.9 Å². The lowest BCUT2D eigenvalue weighted by atomic mass is 9.76. The summed E-state index contributed by atoms with van der Waals surface area (Å²) in [6.07, 6.45) is 10.4. The van der Waals surface area contributed by atoms with Crippen LogP contribution in [0.1, 0.15) is 105 Å². The predicted molar refractivity (Wildman–Crippen MR) is 96.4 cm³/mol. The van der Waals surface area contributed by atoms with Crippen LogP contribution in [0.3, 0.4) is 0 Å². The van der Waals surface area contributed by atoms with Crippen molar-refractivity contribution in [1.29, 1.82) is 0 Å². The average Bonchev–Trinajstić information content (AvgIpc) is 3.39. The fraction of sp³-hybridized carbons (Fsp3) is 0.950. The summed E-state index contributed by atoms with van der Waals surface area (Å²) in [5, 5.41) is 0. The van der Waals surface area contributed by atoms with Crippen LogP contribution in [0.25, 0.3) is 0 Å². The molecule has 1 unspecified atom stereocenters. The highest BCUT2D eigenvalue weighted by atomic mass is 17.4. The minimum absolute atomic E-state index is 0.114. The topological polar surface area (TPSA) is 51.4 Å². The molecule has 0 aromatic carbocycles. The number of hydrogen-bond acceptors (Lipinski definition) is 4. The molecule has 1 aliphatic heterocycles. The Balaban J connectivity index is 2.87. The van der Waals surface area contributed by atoms with E-state index in [1.807, 2.05) is 0 Å². The molecule has 0 aromatic heterocycles. The molecule has 0 N–H and O–H groups in total. The highest BCUT2D eigenvalue weighted by Crippen LogP contribution is 2.54. The van der Waals surface area contributed by atoms with Crippen LogP contribution in [0.5, 0.6) is 0 Å². The molecule has 0 aromatic rings. The fourth-order valence-electron chi connectivity index (χ4n) is 3.77. The minimum Gasteiger partial charge on any atom is -0.453 e. The molecule has 1 atom stereocenters. The van der Waals surface area contributed by atoms with E-state index in [4.69, 9.17) is 14.5 Å². The Kier molecular flexibility index (Phi) is 9.28. The minimum atomic E-state index is -0.734. The zero-order valence-electron chi connectivity index (χ0n) is 16.5. The van der Waals surface area contributed by atoms with Crippen molar-refractivity contribution in [2.24, 2.45) is 5.92 Å². The fourth-order valence-corrected chi connectivity index (χ4v) is 3.77. The van der Waals surface area contributed by atoms with Gasteiger partial charge >= 0.3 is 5.97 Å². The molecule has 0 saturated carbocycles. The first kappa shape index (κ1) is 21.4. The summed E-state index contributed by atoms with van der Waals surface area (Å²) < 4.78 is 6.03. The predicted octanol–water partition coefficient (Wildman–Crippen LogP) is 5.93. The average molecular weight is 343 g/mol. The largest absolute Gasteiger partial charge is 0.453 e. The molecular weight excluding hydrogens is 304 g/mol. The van der Waals surface area contributed by atoms with E-state index in [0.29, 0.717) is 6.42 Å². The number of carbonyl (C=O) groups excluding carboxylic acids is 1. The molecule has 0 amide bonds. The third-order valence-corrected chi connectivity index (χ3v) is 5.41. The molecule has 0 aliphatic carbocycles. The quantitative estimate of drug-likeness (QED) is 0.170. The normalized spacial score (nSPS) is 17.5. The Morgan fingerprint density at radius 1 is 0.917 bits per heavy atom. The van der Waals surface area contributed by atoms with Crippen LogP contribution >= 0.6 is 0 Å². The monoisotopic (exact) mass is 342 g/mol. The molecule has 1 saturated heterocycles. The van der Waals surface area contributed by atoms with Crippen molar-refractivity contribution >= 4 is 5.97 Å². The molecule has 1 aliphatic rings. The Hall–Kier alpha value is -0.610. The Labute approximate surface area is 148 Å². The van der Waals surface area contributed by atoms with E-state index in [1.54, 1.807) is 0 Å². The number of ether oxygens (including phenoxy) is 1. The van der Waals surface area contributed by atoms with Gasteiger partial charge in [-0.2, -0.15) is 9.78 Å². The first-order valence-corrected chi connectivity index (χ1v) is 10.1. The molecule has 1 heterocycles. The van der Waals surface area contributed by atoms with Crippen molar-refractivity contribution in [3.63, 3.8) is 0 Å². The maximum absolute atomic E-state index is 12.4. The van der Waals surface area contributed by atoms with E-state index in [1.165, 1.54) is 0 Å². The van der Waals surface area contributed by atoms with E-state index < -0.39 is 11.4 Å². The summed E-state index contributed by atoms with van der Waals surface area (Å²) in [4.78, 5) is 23.6. The first-order valence-electron chi connectivity index (χ1n) is 10.1. The summed E-state index contributed by atoms with van der Waals surface area (Å²) >= 11 is 0. The Morgan fingerprint density at radius 3 is 2.00 bits per heavy atom. The van der Waals surface area contributed by atoms with Crippen LogP contribution in [-0.2, 0) is 19.3 Å². The summed E-state index contributed by atoms with van der Waals surface area (Å²) in [5.41, 5.74) is -0.663. The lowest BCUT2D eigenvalue weighted by Gasteiger charge is -2.38. The van der Waals surface area contributed by atoms with Crippen molar-refractivity contribution in [1.82, 2.24) is 0 Å². The maximum Gasteiger partial charge on any atom is 0.306 e. The smallest absolute Gasteiger partial charge is 0.306 e. The molecule has 1 fully saturated rings. The van der Waals surface area contributed by atoms with E-state index >= 15 is 0 Å². The first-order chi connectivity index (χ1) is 11.6. The van der Waals surface area contributed by atoms with Gasteiger partial charge in [0, 0.05) is 12.3 Å². The van der Waals surface area contributed by atoms with Gasteiger partial charge in [-0.15, -0.1) is 0 Å². The second-order valence-electron chi connectivity index (χ2n) is 7.09. The zero-order valence-corrected chi connectivity index (χ0v) is 16.5. The van der Waals surface area contributed by atoms with Gasteiger partial charge in [0.25, 0.3) is 5.79 Å². The number of carbonyl (C=O) groups is 1. The Bertz CT molecular complexity index is 359. The van der Waals surface area contributed by atoms with Crippen molar-refractivity contribution in [3.8, 4) is 0 Å². The molecule has 4 nitrogen and oxygen atoms in total. The van der Waals surface area contributed by atoms with Gasteiger partial charge in [-0.25, -0.2) is 0 Å². The summed E-state index contributed by atoms with van der Waals surface area (Å²) in [5.74, 6) is -0.565. The van der Waals surface area contributed by atoms with Gasteiger partial charge in [0.1, 0.15) is 0 Å². The van der Waals surface area contributed by atoms with Gasteiger partial charge in [-0.05, 0) is 32.1 Å². The molecule has 0 spiro atoms. The van der Waals surface area contributed by atoms with Crippen LogP contribution in [0.15, 0.2) is 0 Å². The molecule has 142 valence electrons. The van der Waals surface area contributed by atoms with Gasteiger partial charge in [0.2, 0.25) is 0 Å². The number of rotatable bonds is 14. The molecular formula is C20H38O4. The van der Waals surface area contributed by atoms with E-state index in [9.17, 15) is 4.79 Å². The van der Waals surface area contributed by atoms with Crippen molar-refractivity contribution in [2.75, 3.05) is 0 Å². The van der Waals surface area contributed by atoms with Crippen molar-refractivity contribution in [2.45, 2.75) is 117 Å². The van der Waals surface area contributed by atoms with Gasteiger partial charge < -0.3 is 4.74 Å². The van der Waals surface area contributed by atoms with Crippen molar-refractivity contribution in [3.05, 3.63) is 0 Å². The lowest BCUT2D eigenvalue weighted by molar-refractivity contribution is -0.177. The van der Waals surface area contributed by atoms with Crippen LogP contribution in [0, 0.1) is 5.92 Å². The van der Waals surface area contributed by atoms with Gasteiger partial charge in [-0.1, -0.05) is 66.7 Å². The standard InChI is InChI=1S/C20H38O4/c1-6-11-13-16-18(21)22-19(9-4,10-5)20(23-24-20)17(14-8-3)15-12-7-2/h17H,6-16H2,1-5H3. The van der Waals surface area contributed by atoms with Crippen LogP contribution < -0.4 is 0 Å². The third kappa shape index (κ3) is 4.95. The molecule has 1 rings (SSSR count). The van der Waals surface area contributed by atoms with Crippen molar-refractivity contribution < 1.29 is 19.3 Å². The van der Waals surface area contributed by atoms with Crippen LogP contribution in [0.2, 0.25) is 0 Å². The molecule has 24 heavy (non-hydrogen) atoms. The maximum atomic E-state index is 12.4. The zero-order chi connectivity index (χ0) is 18.1. The highest BCUT2D eigenvalue weighted by molar-refractivity contribution is 5.70. The highest BCUT2D eigenvalue weighted by Gasteiger charge is 2.69. The van der Waals surface area contributed by atoms with E-state index in [2.05, 4.69) is 34.6 Å². The molecule has 0 bridgehead atoms. The summed E-state index contributed by atoms with van der Waals surface area (Å²) in [7, 11) is 0. The summed E-state index contributed by atoms with van der Waals surface area (Å²) in [6.45, 7) is 10.7.